The molecule has 2 atom stereocenters. The van der Waals surface area contributed by atoms with E-state index >= 15 is 0 Å². The van der Waals surface area contributed by atoms with Gasteiger partial charge in [-0.15, -0.1) is 0 Å². The van der Waals surface area contributed by atoms with E-state index in [1.165, 1.54) is 16.0 Å². The Bertz CT molecular complexity index is 658. The summed E-state index contributed by atoms with van der Waals surface area (Å²) in [5.41, 5.74) is 3.15. The molecule has 1 aromatic carbocycles. The third-order valence-corrected chi connectivity index (χ3v) is 5.45. The third-order valence-electron chi connectivity index (χ3n) is 5.45. The maximum atomic E-state index is 12.8. The standard InChI is InChI=1S/C21H27NO3/c1-4-5-6-11-25-17-9-7-16(8-10-17)22-20(23)18-12-14(2)15(3)13-19(18)21(22)24/h7-10,18-19H,4-6,11-13H2,1-3H3/t18-,19-/m0/s1. The second kappa shape index (κ2) is 7.42. The van der Waals surface area contributed by atoms with E-state index in [0.29, 0.717) is 25.1 Å². The first-order valence-corrected chi connectivity index (χ1v) is 9.28. The van der Waals surface area contributed by atoms with Crippen LogP contribution in [0.25, 0.3) is 0 Å². The molecule has 1 heterocycles. The van der Waals surface area contributed by atoms with Crippen molar-refractivity contribution in [3.63, 3.8) is 0 Å². The Hall–Kier alpha value is -2.10. The van der Waals surface area contributed by atoms with Crippen molar-refractivity contribution in [2.24, 2.45) is 11.8 Å². The first-order chi connectivity index (χ1) is 12.0. The Morgan fingerprint density at radius 3 is 2.04 bits per heavy atom. The van der Waals surface area contributed by atoms with Gasteiger partial charge in [-0.05, 0) is 57.4 Å². The molecule has 0 unspecified atom stereocenters. The molecule has 2 amide bonds. The van der Waals surface area contributed by atoms with Crippen molar-refractivity contribution < 1.29 is 14.3 Å². The minimum absolute atomic E-state index is 0.0570. The van der Waals surface area contributed by atoms with Crippen LogP contribution in [-0.4, -0.2) is 18.4 Å². The Labute approximate surface area is 149 Å². The number of amides is 2. The molecule has 0 bridgehead atoms. The lowest BCUT2D eigenvalue weighted by molar-refractivity contribution is -0.122. The van der Waals surface area contributed by atoms with Crippen LogP contribution in [-0.2, 0) is 9.59 Å². The van der Waals surface area contributed by atoms with Crippen molar-refractivity contribution in [3.8, 4) is 5.75 Å². The van der Waals surface area contributed by atoms with Gasteiger partial charge >= 0.3 is 0 Å². The summed E-state index contributed by atoms with van der Waals surface area (Å²) in [7, 11) is 0. The molecular formula is C21H27NO3. The van der Waals surface area contributed by atoms with Gasteiger partial charge in [0.1, 0.15) is 5.75 Å². The molecule has 0 spiro atoms. The average Bonchev–Trinajstić information content (AvgIpc) is 2.84. The van der Waals surface area contributed by atoms with Gasteiger partial charge < -0.3 is 4.74 Å². The predicted octanol–water partition coefficient (Wildman–Crippen LogP) is 4.49. The smallest absolute Gasteiger partial charge is 0.238 e. The summed E-state index contributed by atoms with van der Waals surface area (Å²) in [5, 5.41) is 0. The molecular weight excluding hydrogens is 314 g/mol. The maximum absolute atomic E-state index is 12.8. The van der Waals surface area contributed by atoms with Crippen molar-refractivity contribution in [3.05, 3.63) is 35.4 Å². The molecule has 1 aliphatic heterocycles. The van der Waals surface area contributed by atoms with Gasteiger partial charge in [0, 0.05) is 0 Å². The fourth-order valence-electron chi connectivity index (χ4n) is 3.74. The van der Waals surface area contributed by atoms with Crippen molar-refractivity contribution >= 4 is 17.5 Å². The summed E-state index contributed by atoms with van der Waals surface area (Å²) in [4.78, 5) is 26.9. The highest BCUT2D eigenvalue weighted by molar-refractivity contribution is 6.22. The zero-order chi connectivity index (χ0) is 18.0. The third kappa shape index (κ3) is 3.48. The topological polar surface area (TPSA) is 46.6 Å². The number of rotatable bonds is 6. The van der Waals surface area contributed by atoms with Gasteiger partial charge in [0.2, 0.25) is 11.8 Å². The van der Waals surface area contributed by atoms with Crippen molar-refractivity contribution in [1.82, 2.24) is 0 Å². The Balaban J connectivity index is 1.70. The second-order valence-electron chi connectivity index (χ2n) is 7.24. The lowest BCUT2D eigenvalue weighted by atomic mass is 9.78. The molecule has 4 nitrogen and oxygen atoms in total. The van der Waals surface area contributed by atoms with E-state index in [2.05, 4.69) is 20.8 Å². The summed E-state index contributed by atoms with van der Waals surface area (Å²) in [5.74, 6) is 0.281. The van der Waals surface area contributed by atoms with Crippen LogP contribution < -0.4 is 9.64 Å². The summed E-state index contributed by atoms with van der Waals surface area (Å²) in [6.07, 6.45) is 4.77. The number of fused-ring (bicyclic) bond motifs is 1. The van der Waals surface area contributed by atoms with Crippen molar-refractivity contribution in [2.45, 2.75) is 52.9 Å². The largest absolute Gasteiger partial charge is 0.494 e. The number of hydrogen-bond acceptors (Lipinski definition) is 3. The molecule has 0 radical (unpaired) electrons. The molecule has 0 saturated carbocycles. The van der Waals surface area contributed by atoms with Crippen LogP contribution in [0.1, 0.15) is 52.9 Å². The minimum atomic E-state index is -0.193. The molecule has 4 heteroatoms. The first kappa shape index (κ1) is 17.7. The number of benzene rings is 1. The van der Waals surface area contributed by atoms with Gasteiger partial charge in [-0.2, -0.15) is 0 Å². The Morgan fingerprint density at radius 2 is 1.52 bits per heavy atom. The first-order valence-electron chi connectivity index (χ1n) is 9.28. The van der Waals surface area contributed by atoms with Crippen LogP contribution in [0.5, 0.6) is 5.75 Å². The van der Waals surface area contributed by atoms with Gasteiger partial charge in [0.05, 0.1) is 24.1 Å². The van der Waals surface area contributed by atoms with Gasteiger partial charge in [0.15, 0.2) is 0 Å². The molecule has 25 heavy (non-hydrogen) atoms. The van der Waals surface area contributed by atoms with E-state index < -0.39 is 0 Å². The van der Waals surface area contributed by atoms with Crippen LogP contribution in [0.2, 0.25) is 0 Å². The fraction of sp³-hybridized carbons (Fsp3) is 0.524. The fourth-order valence-corrected chi connectivity index (χ4v) is 3.74. The van der Waals surface area contributed by atoms with E-state index in [4.69, 9.17) is 4.74 Å². The van der Waals surface area contributed by atoms with Crippen LogP contribution in [0.3, 0.4) is 0 Å². The van der Waals surface area contributed by atoms with E-state index in [-0.39, 0.29) is 23.7 Å². The SMILES string of the molecule is CCCCCOc1ccc(N2C(=O)[C@H]3CC(C)=C(C)C[C@@H]3C2=O)cc1. The molecule has 2 aliphatic rings. The van der Waals surface area contributed by atoms with E-state index in [1.807, 2.05) is 24.3 Å². The van der Waals surface area contributed by atoms with Crippen LogP contribution in [0, 0.1) is 11.8 Å². The van der Waals surface area contributed by atoms with Crippen molar-refractivity contribution in [1.29, 1.82) is 0 Å². The number of nitrogens with zero attached hydrogens (tertiary/aromatic N) is 1. The van der Waals surface area contributed by atoms with E-state index in [1.54, 1.807) is 0 Å². The van der Waals surface area contributed by atoms with Gasteiger partial charge in [-0.1, -0.05) is 30.9 Å². The highest BCUT2D eigenvalue weighted by atomic mass is 16.5. The predicted molar refractivity (Wildman–Crippen MR) is 98.5 cm³/mol. The molecule has 134 valence electrons. The Kier molecular flexibility index (Phi) is 5.26. The summed E-state index contributed by atoms with van der Waals surface area (Å²) in [6.45, 7) is 6.99. The number of anilines is 1. The zero-order valence-electron chi connectivity index (χ0n) is 15.4. The van der Waals surface area contributed by atoms with E-state index in [9.17, 15) is 9.59 Å². The Morgan fingerprint density at radius 1 is 0.960 bits per heavy atom. The van der Waals surface area contributed by atoms with Gasteiger partial charge in [-0.3, -0.25) is 14.5 Å². The minimum Gasteiger partial charge on any atom is -0.494 e. The lowest BCUT2D eigenvalue weighted by Crippen LogP contribution is -2.30. The normalized spacial score (nSPS) is 23.2. The quantitative estimate of drug-likeness (QED) is 0.435. The summed E-state index contributed by atoms with van der Waals surface area (Å²) < 4.78 is 5.71. The van der Waals surface area contributed by atoms with E-state index in [0.717, 1.165) is 25.0 Å². The number of imide groups is 1. The van der Waals surface area contributed by atoms with Gasteiger partial charge in [0.25, 0.3) is 0 Å². The van der Waals surface area contributed by atoms with Crippen LogP contribution >= 0.6 is 0 Å². The lowest BCUT2D eigenvalue weighted by Gasteiger charge is -2.23. The number of carbonyl (C=O) groups is 2. The summed E-state index contributed by atoms with van der Waals surface area (Å²) in [6, 6.07) is 7.32. The monoisotopic (exact) mass is 341 g/mol. The number of allylic oxidation sites excluding steroid dienone is 2. The molecule has 1 saturated heterocycles. The molecule has 0 aromatic heterocycles. The summed E-state index contributed by atoms with van der Waals surface area (Å²) >= 11 is 0. The van der Waals surface area contributed by atoms with Crippen molar-refractivity contribution in [2.75, 3.05) is 11.5 Å². The number of hydrogen-bond donors (Lipinski definition) is 0. The highest BCUT2D eigenvalue weighted by Crippen LogP contribution is 2.42. The molecule has 1 aliphatic carbocycles. The number of unbranched alkanes of at least 4 members (excludes halogenated alkanes) is 2. The molecule has 1 aromatic rings. The van der Waals surface area contributed by atoms with Crippen LogP contribution in [0.4, 0.5) is 5.69 Å². The second-order valence-corrected chi connectivity index (χ2v) is 7.24. The number of ether oxygens (including phenoxy) is 1. The average molecular weight is 341 g/mol. The highest BCUT2D eigenvalue weighted by Gasteiger charge is 2.49. The molecule has 1 fully saturated rings. The zero-order valence-corrected chi connectivity index (χ0v) is 15.4. The van der Waals surface area contributed by atoms with Crippen LogP contribution in [0.15, 0.2) is 35.4 Å². The maximum Gasteiger partial charge on any atom is 0.238 e. The molecule has 3 rings (SSSR count). The number of carbonyl (C=O) groups excluding carboxylic acids is 2. The van der Waals surface area contributed by atoms with Gasteiger partial charge in [-0.25, -0.2) is 0 Å². The molecule has 0 N–H and O–H groups in total.